The Kier molecular flexibility index (Phi) is 4.55. The van der Waals surface area contributed by atoms with Gasteiger partial charge in [0.15, 0.2) is 0 Å². The van der Waals surface area contributed by atoms with Crippen LogP contribution in [0.15, 0.2) is 53.5 Å². The lowest BCUT2D eigenvalue weighted by Gasteiger charge is -2.30. The topological polar surface area (TPSA) is 59.6 Å². The maximum absolute atomic E-state index is 6.02. The first-order valence-electron chi connectivity index (χ1n) is 7.56. The van der Waals surface area contributed by atoms with E-state index in [-0.39, 0.29) is 0 Å². The van der Waals surface area contributed by atoms with Crippen LogP contribution in [0.5, 0.6) is 0 Å². The lowest BCUT2D eigenvalue weighted by molar-refractivity contribution is 0.106. The highest BCUT2D eigenvalue weighted by atomic mass is 35.5. The molecule has 2 aromatic carbocycles. The average molecular weight is 330 g/mol. The van der Waals surface area contributed by atoms with E-state index in [1.807, 2.05) is 43.3 Å². The van der Waals surface area contributed by atoms with Crippen LogP contribution in [0.3, 0.4) is 0 Å². The molecule has 1 aliphatic heterocycles. The standard InChI is InChI=1S/C18H20ClN3O/c1-18(12-23-11-17(20)22-18)14-5-3-7-16(9-14)21-10-13-4-2-6-15(19)8-13/h2-9,21H,10-12H2,1H3,(H2,20,22). The number of hydrogen-bond acceptors (Lipinski definition) is 4. The summed E-state index contributed by atoms with van der Waals surface area (Å²) in [4.78, 5) is 4.58. The molecule has 0 radical (unpaired) electrons. The van der Waals surface area contributed by atoms with Crippen molar-refractivity contribution in [2.45, 2.75) is 19.0 Å². The van der Waals surface area contributed by atoms with E-state index in [0.29, 0.717) is 25.6 Å². The van der Waals surface area contributed by atoms with Crippen LogP contribution in [0.2, 0.25) is 5.02 Å². The van der Waals surface area contributed by atoms with Crippen molar-refractivity contribution in [2.75, 3.05) is 18.5 Å². The van der Waals surface area contributed by atoms with Gasteiger partial charge in [-0.25, -0.2) is 0 Å². The van der Waals surface area contributed by atoms with Crippen LogP contribution in [0.1, 0.15) is 18.1 Å². The number of benzene rings is 2. The molecule has 0 bridgehead atoms. The Hall–Kier alpha value is -2.04. The third-order valence-corrected chi connectivity index (χ3v) is 4.13. The molecule has 0 fully saturated rings. The van der Waals surface area contributed by atoms with Gasteiger partial charge < -0.3 is 15.8 Å². The van der Waals surface area contributed by atoms with E-state index in [2.05, 4.69) is 22.4 Å². The summed E-state index contributed by atoms with van der Waals surface area (Å²) < 4.78 is 5.54. The first kappa shape index (κ1) is 15.8. The van der Waals surface area contributed by atoms with Crippen LogP contribution in [0.4, 0.5) is 5.69 Å². The van der Waals surface area contributed by atoms with E-state index in [0.717, 1.165) is 21.8 Å². The third kappa shape index (κ3) is 3.84. The third-order valence-electron chi connectivity index (χ3n) is 3.89. The van der Waals surface area contributed by atoms with Crippen molar-refractivity contribution in [1.29, 1.82) is 0 Å². The van der Waals surface area contributed by atoms with Gasteiger partial charge in [0.2, 0.25) is 0 Å². The van der Waals surface area contributed by atoms with Crippen LogP contribution >= 0.6 is 11.6 Å². The first-order valence-corrected chi connectivity index (χ1v) is 7.94. The Balaban J connectivity index is 1.76. The van der Waals surface area contributed by atoms with Crippen LogP contribution in [0, 0.1) is 0 Å². The Morgan fingerprint density at radius 1 is 1.26 bits per heavy atom. The summed E-state index contributed by atoms with van der Waals surface area (Å²) in [6.45, 7) is 3.69. The van der Waals surface area contributed by atoms with E-state index < -0.39 is 5.54 Å². The molecular weight excluding hydrogens is 310 g/mol. The normalized spacial score (nSPS) is 20.9. The van der Waals surface area contributed by atoms with Crippen molar-refractivity contribution >= 4 is 23.1 Å². The number of rotatable bonds is 4. The average Bonchev–Trinajstić information content (AvgIpc) is 2.53. The number of hydrogen-bond donors (Lipinski definition) is 2. The maximum Gasteiger partial charge on any atom is 0.121 e. The zero-order valence-corrected chi connectivity index (χ0v) is 13.8. The smallest absolute Gasteiger partial charge is 0.121 e. The lowest BCUT2D eigenvalue weighted by Crippen LogP contribution is -2.37. The predicted molar refractivity (Wildman–Crippen MR) is 95.0 cm³/mol. The highest BCUT2D eigenvalue weighted by molar-refractivity contribution is 6.30. The van der Waals surface area contributed by atoms with Crippen molar-refractivity contribution in [3.8, 4) is 0 Å². The van der Waals surface area contributed by atoms with Crippen molar-refractivity contribution in [3.05, 3.63) is 64.7 Å². The van der Waals surface area contributed by atoms with Gasteiger partial charge in [-0.2, -0.15) is 0 Å². The predicted octanol–water partition coefficient (Wildman–Crippen LogP) is 3.55. The summed E-state index contributed by atoms with van der Waals surface area (Å²) >= 11 is 6.02. The molecule has 1 unspecified atom stereocenters. The second-order valence-electron chi connectivity index (χ2n) is 5.93. The molecule has 120 valence electrons. The molecule has 1 heterocycles. The van der Waals surface area contributed by atoms with Crippen molar-refractivity contribution in [2.24, 2.45) is 10.7 Å². The second kappa shape index (κ2) is 6.60. The zero-order chi connectivity index (χ0) is 16.3. The lowest BCUT2D eigenvalue weighted by atomic mass is 9.92. The molecule has 2 aromatic rings. The van der Waals surface area contributed by atoms with Gasteiger partial charge in [0.1, 0.15) is 18.0 Å². The summed E-state index contributed by atoms with van der Waals surface area (Å²) in [6, 6.07) is 16.0. The summed E-state index contributed by atoms with van der Waals surface area (Å²) in [7, 11) is 0. The summed E-state index contributed by atoms with van der Waals surface area (Å²) in [6.07, 6.45) is 0. The van der Waals surface area contributed by atoms with Crippen molar-refractivity contribution in [3.63, 3.8) is 0 Å². The van der Waals surface area contributed by atoms with E-state index in [1.54, 1.807) is 0 Å². The molecule has 5 heteroatoms. The summed E-state index contributed by atoms with van der Waals surface area (Å²) in [5.41, 5.74) is 8.64. The number of nitrogens with two attached hydrogens (primary N) is 1. The minimum absolute atomic E-state index is 0.405. The van der Waals surface area contributed by atoms with Crippen molar-refractivity contribution < 1.29 is 4.74 Å². The minimum Gasteiger partial charge on any atom is -0.386 e. The Labute approximate surface area is 141 Å². The fourth-order valence-corrected chi connectivity index (χ4v) is 2.91. The second-order valence-corrected chi connectivity index (χ2v) is 6.37. The van der Waals surface area contributed by atoms with E-state index in [1.165, 1.54) is 0 Å². The number of halogens is 1. The molecule has 0 saturated heterocycles. The molecule has 23 heavy (non-hydrogen) atoms. The van der Waals surface area contributed by atoms with E-state index >= 15 is 0 Å². The molecule has 1 aliphatic rings. The van der Waals surface area contributed by atoms with Gasteiger partial charge in [0, 0.05) is 17.3 Å². The van der Waals surface area contributed by atoms with Gasteiger partial charge >= 0.3 is 0 Å². The van der Waals surface area contributed by atoms with Gasteiger partial charge in [0.05, 0.1) is 6.61 Å². The number of nitrogens with zero attached hydrogens (tertiary/aromatic N) is 1. The Morgan fingerprint density at radius 2 is 2.09 bits per heavy atom. The molecule has 3 N–H and O–H groups in total. The van der Waals surface area contributed by atoms with Gasteiger partial charge in [-0.05, 0) is 42.3 Å². The quantitative estimate of drug-likeness (QED) is 0.901. The highest BCUT2D eigenvalue weighted by Gasteiger charge is 2.29. The van der Waals surface area contributed by atoms with E-state index in [4.69, 9.17) is 22.1 Å². The monoisotopic (exact) mass is 329 g/mol. The van der Waals surface area contributed by atoms with Crippen molar-refractivity contribution in [1.82, 2.24) is 0 Å². The molecule has 0 saturated carbocycles. The number of amidine groups is 1. The number of aliphatic imine (C=N–C) groups is 1. The fraction of sp³-hybridized carbons (Fsp3) is 0.278. The number of anilines is 1. The molecule has 4 nitrogen and oxygen atoms in total. The van der Waals surface area contributed by atoms with Gasteiger partial charge in [-0.15, -0.1) is 0 Å². The molecule has 3 rings (SSSR count). The molecule has 0 spiro atoms. The molecule has 0 aromatic heterocycles. The summed E-state index contributed by atoms with van der Waals surface area (Å²) in [5.74, 6) is 0.538. The Morgan fingerprint density at radius 3 is 2.87 bits per heavy atom. The molecule has 0 amide bonds. The zero-order valence-electron chi connectivity index (χ0n) is 13.1. The van der Waals surface area contributed by atoms with Crippen LogP contribution in [-0.2, 0) is 16.8 Å². The minimum atomic E-state index is -0.434. The number of nitrogens with one attached hydrogen (secondary N) is 1. The van der Waals surface area contributed by atoms with Gasteiger partial charge in [-0.1, -0.05) is 35.9 Å². The summed E-state index contributed by atoms with van der Waals surface area (Å²) in [5, 5.41) is 4.16. The molecule has 0 aliphatic carbocycles. The van der Waals surface area contributed by atoms with E-state index in [9.17, 15) is 0 Å². The fourth-order valence-electron chi connectivity index (χ4n) is 2.70. The SMILES string of the molecule is CC1(c2cccc(NCc3cccc(Cl)c3)c2)COCC(N)=N1. The van der Waals surface area contributed by atoms with Gasteiger partial charge in [-0.3, -0.25) is 4.99 Å². The van der Waals surface area contributed by atoms with Crippen LogP contribution < -0.4 is 11.1 Å². The first-order chi connectivity index (χ1) is 11.0. The largest absolute Gasteiger partial charge is 0.386 e. The highest BCUT2D eigenvalue weighted by Crippen LogP contribution is 2.30. The van der Waals surface area contributed by atoms with Crippen LogP contribution in [0.25, 0.3) is 0 Å². The molecular formula is C18H20ClN3O. The molecule has 1 atom stereocenters. The van der Waals surface area contributed by atoms with Gasteiger partial charge in [0.25, 0.3) is 0 Å². The van der Waals surface area contributed by atoms with Crippen LogP contribution in [-0.4, -0.2) is 19.0 Å². The Bertz CT molecular complexity index is 732. The maximum atomic E-state index is 6.02. The number of ether oxygens (including phenoxy) is 1.